The van der Waals surface area contributed by atoms with Crippen LogP contribution in [0.5, 0.6) is 0 Å². The van der Waals surface area contributed by atoms with Crippen molar-refractivity contribution in [1.29, 1.82) is 0 Å². The molecule has 0 fully saturated rings. The lowest BCUT2D eigenvalue weighted by molar-refractivity contribution is 0.931. The van der Waals surface area contributed by atoms with Crippen molar-refractivity contribution in [2.75, 3.05) is 0 Å². The SMILES string of the molecule is Cc1cc(Cl)c(-c2cn3ncnc3nc2C)cc1C. The molecule has 3 rings (SSSR count). The highest BCUT2D eigenvalue weighted by molar-refractivity contribution is 6.33. The van der Waals surface area contributed by atoms with E-state index in [4.69, 9.17) is 11.6 Å². The molecule has 0 atom stereocenters. The minimum atomic E-state index is 0.598. The molecule has 2 heterocycles. The van der Waals surface area contributed by atoms with Crippen molar-refractivity contribution in [1.82, 2.24) is 19.6 Å². The second kappa shape index (κ2) is 4.31. The molecule has 0 unspecified atom stereocenters. The summed E-state index contributed by atoms with van der Waals surface area (Å²) in [5.41, 5.74) is 5.24. The Bertz CT molecular complexity index is 776. The predicted molar refractivity (Wildman–Crippen MR) is 75.4 cm³/mol. The summed E-state index contributed by atoms with van der Waals surface area (Å²) >= 11 is 6.36. The van der Waals surface area contributed by atoms with Crippen LogP contribution in [0, 0.1) is 20.8 Å². The lowest BCUT2D eigenvalue weighted by Gasteiger charge is -2.10. The highest BCUT2D eigenvalue weighted by atomic mass is 35.5. The maximum absolute atomic E-state index is 6.36. The quantitative estimate of drug-likeness (QED) is 0.682. The molecule has 4 nitrogen and oxygen atoms in total. The molecule has 19 heavy (non-hydrogen) atoms. The van der Waals surface area contributed by atoms with Crippen LogP contribution in [-0.4, -0.2) is 19.6 Å². The Morgan fingerprint density at radius 1 is 1.05 bits per heavy atom. The van der Waals surface area contributed by atoms with Gasteiger partial charge < -0.3 is 0 Å². The third-order valence-electron chi connectivity index (χ3n) is 3.34. The van der Waals surface area contributed by atoms with Gasteiger partial charge in [0.15, 0.2) is 0 Å². The van der Waals surface area contributed by atoms with E-state index in [2.05, 4.69) is 35.0 Å². The second-order valence-corrected chi connectivity index (χ2v) is 5.07. The number of aryl methyl sites for hydroxylation is 3. The average molecular weight is 273 g/mol. The van der Waals surface area contributed by atoms with E-state index in [0.717, 1.165) is 21.8 Å². The highest BCUT2D eigenvalue weighted by Gasteiger charge is 2.11. The zero-order valence-corrected chi connectivity index (χ0v) is 11.7. The van der Waals surface area contributed by atoms with Crippen LogP contribution < -0.4 is 0 Å². The first-order valence-corrected chi connectivity index (χ1v) is 6.38. The zero-order chi connectivity index (χ0) is 13.6. The van der Waals surface area contributed by atoms with Gasteiger partial charge >= 0.3 is 0 Å². The zero-order valence-electron chi connectivity index (χ0n) is 11.0. The third kappa shape index (κ3) is 1.98. The lowest BCUT2D eigenvalue weighted by Crippen LogP contribution is -1.97. The number of fused-ring (bicyclic) bond motifs is 1. The molecule has 0 radical (unpaired) electrons. The predicted octanol–water partition coefficient (Wildman–Crippen LogP) is 3.37. The molecule has 0 saturated heterocycles. The molecular weight excluding hydrogens is 260 g/mol. The fourth-order valence-corrected chi connectivity index (χ4v) is 2.41. The first-order chi connectivity index (χ1) is 9.06. The summed E-state index contributed by atoms with van der Waals surface area (Å²) < 4.78 is 1.66. The molecule has 0 aliphatic carbocycles. The van der Waals surface area contributed by atoms with Crippen molar-refractivity contribution in [3.05, 3.63) is 46.5 Å². The highest BCUT2D eigenvalue weighted by Crippen LogP contribution is 2.31. The van der Waals surface area contributed by atoms with E-state index >= 15 is 0 Å². The number of benzene rings is 1. The molecule has 5 heteroatoms. The van der Waals surface area contributed by atoms with Gasteiger partial charge in [0.05, 0.1) is 5.69 Å². The van der Waals surface area contributed by atoms with E-state index < -0.39 is 0 Å². The number of halogens is 1. The Kier molecular flexibility index (Phi) is 2.75. The van der Waals surface area contributed by atoms with Crippen molar-refractivity contribution in [3.63, 3.8) is 0 Å². The number of hydrogen-bond acceptors (Lipinski definition) is 3. The molecule has 3 aromatic rings. The van der Waals surface area contributed by atoms with Gasteiger partial charge in [-0.25, -0.2) is 9.50 Å². The van der Waals surface area contributed by atoms with Crippen molar-refractivity contribution in [3.8, 4) is 11.1 Å². The lowest BCUT2D eigenvalue weighted by atomic mass is 10.0. The summed E-state index contributed by atoms with van der Waals surface area (Å²) in [7, 11) is 0. The molecule has 0 N–H and O–H groups in total. The molecule has 96 valence electrons. The van der Waals surface area contributed by atoms with E-state index in [1.165, 1.54) is 17.5 Å². The van der Waals surface area contributed by atoms with Crippen LogP contribution >= 0.6 is 11.6 Å². The summed E-state index contributed by atoms with van der Waals surface area (Å²) in [6.07, 6.45) is 3.41. The summed E-state index contributed by atoms with van der Waals surface area (Å²) in [6.45, 7) is 6.08. The van der Waals surface area contributed by atoms with Crippen LogP contribution in [-0.2, 0) is 0 Å². The van der Waals surface area contributed by atoms with Gasteiger partial charge in [-0.15, -0.1) is 0 Å². The Morgan fingerprint density at radius 3 is 2.58 bits per heavy atom. The number of aromatic nitrogens is 4. The monoisotopic (exact) mass is 272 g/mol. The van der Waals surface area contributed by atoms with E-state index in [-0.39, 0.29) is 0 Å². The van der Waals surface area contributed by atoms with Gasteiger partial charge in [0.25, 0.3) is 5.78 Å². The first-order valence-electron chi connectivity index (χ1n) is 6.00. The van der Waals surface area contributed by atoms with Gasteiger partial charge in [-0.1, -0.05) is 11.6 Å². The molecule has 0 aliphatic rings. The van der Waals surface area contributed by atoms with Crippen LogP contribution in [0.1, 0.15) is 16.8 Å². The Morgan fingerprint density at radius 2 is 1.79 bits per heavy atom. The number of hydrogen-bond donors (Lipinski definition) is 0. The average Bonchev–Trinajstić information content (AvgIpc) is 2.80. The fourth-order valence-electron chi connectivity index (χ4n) is 2.09. The fraction of sp³-hybridized carbons (Fsp3) is 0.214. The van der Waals surface area contributed by atoms with Gasteiger partial charge in [0.1, 0.15) is 6.33 Å². The standard InChI is InChI=1S/C14H13ClN4/c1-8-4-11(13(15)5-9(8)2)12-6-19-14(16-7-17-19)18-10(12)3/h4-7H,1-3H3. The molecule has 0 saturated carbocycles. The largest absolute Gasteiger partial charge is 0.252 e. The Labute approximate surface area is 116 Å². The number of nitrogens with zero attached hydrogens (tertiary/aromatic N) is 4. The summed E-state index contributed by atoms with van der Waals surface area (Å²) in [4.78, 5) is 8.51. The van der Waals surface area contributed by atoms with E-state index in [0.29, 0.717) is 5.78 Å². The van der Waals surface area contributed by atoms with Gasteiger partial charge in [0.2, 0.25) is 0 Å². The van der Waals surface area contributed by atoms with Crippen molar-refractivity contribution < 1.29 is 0 Å². The molecule has 1 aromatic carbocycles. The van der Waals surface area contributed by atoms with Gasteiger partial charge in [-0.05, 0) is 44.0 Å². The molecule has 0 spiro atoms. The minimum Gasteiger partial charge on any atom is -0.216 e. The molecule has 2 aromatic heterocycles. The maximum Gasteiger partial charge on any atom is 0.252 e. The molecular formula is C14H13ClN4. The molecule has 0 amide bonds. The minimum absolute atomic E-state index is 0.598. The van der Waals surface area contributed by atoms with Crippen LogP contribution in [0.3, 0.4) is 0 Å². The Balaban J connectivity index is 2.29. The molecule has 0 bridgehead atoms. The van der Waals surface area contributed by atoms with Crippen molar-refractivity contribution in [2.24, 2.45) is 0 Å². The van der Waals surface area contributed by atoms with Gasteiger partial charge in [-0.2, -0.15) is 10.1 Å². The van der Waals surface area contributed by atoms with Crippen LogP contribution in [0.2, 0.25) is 5.02 Å². The smallest absolute Gasteiger partial charge is 0.216 e. The normalized spacial score (nSPS) is 11.2. The van der Waals surface area contributed by atoms with Crippen molar-refractivity contribution >= 4 is 17.4 Å². The van der Waals surface area contributed by atoms with E-state index in [1.54, 1.807) is 4.52 Å². The van der Waals surface area contributed by atoms with Gasteiger partial charge in [0, 0.05) is 22.3 Å². The topological polar surface area (TPSA) is 43.1 Å². The Hall–Kier alpha value is -1.94. The van der Waals surface area contributed by atoms with Crippen LogP contribution in [0.4, 0.5) is 0 Å². The maximum atomic E-state index is 6.36. The first kappa shape index (κ1) is 12.1. The van der Waals surface area contributed by atoms with E-state index in [9.17, 15) is 0 Å². The van der Waals surface area contributed by atoms with Crippen LogP contribution in [0.25, 0.3) is 16.9 Å². The summed E-state index contributed by atoms with van der Waals surface area (Å²) in [5, 5.41) is 4.84. The van der Waals surface area contributed by atoms with Crippen molar-refractivity contribution in [2.45, 2.75) is 20.8 Å². The third-order valence-corrected chi connectivity index (χ3v) is 3.65. The number of rotatable bonds is 1. The van der Waals surface area contributed by atoms with E-state index in [1.807, 2.05) is 19.2 Å². The second-order valence-electron chi connectivity index (χ2n) is 4.66. The summed E-state index contributed by atoms with van der Waals surface area (Å²) in [5.74, 6) is 0.598. The summed E-state index contributed by atoms with van der Waals surface area (Å²) in [6, 6.07) is 4.07. The molecule has 0 aliphatic heterocycles. The van der Waals surface area contributed by atoms with Gasteiger partial charge in [-0.3, -0.25) is 0 Å². The van der Waals surface area contributed by atoms with Crippen LogP contribution in [0.15, 0.2) is 24.7 Å².